The Balaban J connectivity index is 2.03. The van der Waals surface area contributed by atoms with E-state index in [1.807, 2.05) is 45.0 Å². The van der Waals surface area contributed by atoms with Crippen molar-refractivity contribution in [3.8, 4) is 6.07 Å². The molecule has 1 atom stereocenters. The molecule has 1 amide bonds. The van der Waals surface area contributed by atoms with Gasteiger partial charge in [-0.3, -0.25) is 4.90 Å². The third kappa shape index (κ3) is 3.66. The van der Waals surface area contributed by atoms with Crippen LogP contribution in [0, 0.1) is 11.3 Å². The highest BCUT2D eigenvalue weighted by atomic mass is 16.6. The van der Waals surface area contributed by atoms with Crippen LogP contribution in [-0.4, -0.2) is 23.1 Å². The van der Waals surface area contributed by atoms with Crippen molar-refractivity contribution in [1.29, 1.82) is 5.26 Å². The molecule has 4 nitrogen and oxygen atoms in total. The highest BCUT2D eigenvalue weighted by Gasteiger charge is 2.34. The first-order valence-electron chi connectivity index (χ1n) is 8.46. The molecule has 0 N–H and O–H groups in total. The summed E-state index contributed by atoms with van der Waals surface area (Å²) in [4.78, 5) is 14.6. The molecule has 0 bridgehead atoms. The van der Waals surface area contributed by atoms with Crippen molar-refractivity contribution in [2.45, 2.75) is 38.8 Å². The maximum Gasteiger partial charge on any atom is 0.411 e. The number of fused-ring (bicyclic) bond motifs is 1. The van der Waals surface area contributed by atoms with Crippen LogP contribution in [0.3, 0.4) is 0 Å². The average Bonchev–Trinajstić information content (AvgIpc) is 2.59. The van der Waals surface area contributed by atoms with Gasteiger partial charge in [-0.1, -0.05) is 36.4 Å². The quantitative estimate of drug-likeness (QED) is 0.774. The number of ether oxygens (including phenoxy) is 1. The second kappa shape index (κ2) is 6.60. The summed E-state index contributed by atoms with van der Waals surface area (Å²) in [7, 11) is 0. The Labute approximate surface area is 148 Å². The smallest absolute Gasteiger partial charge is 0.411 e. The van der Waals surface area contributed by atoms with E-state index in [4.69, 9.17) is 10.00 Å². The van der Waals surface area contributed by atoms with Crippen LogP contribution in [0.15, 0.2) is 48.5 Å². The highest BCUT2D eigenvalue weighted by molar-refractivity contribution is 5.70. The Bertz CT molecular complexity index is 813. The number of carbonyl (C=O) groups excluding carboxylic acids is 1. The van der Waals surface area contributed by atoms with Crippen molar-refractivity contribution in [3.05, 3.63) is 70.8 Å². The van der Waals surface area contributed by atoms with Gasteiger partial charge in [0.05, 0.1) is 17.7 Å². The van der Waals surface area contributed by atoms with E-state index in [0.29, 0.717) is 12.1 Å². The summed E-state index contributed by atoms with van der Waals surface area (Å²) in [5.41, 5.74) is 3.41. The van der Waals surface area contributed by atoms with Gasteiger partial charge in [0.2, 0.25) is 0 Å². The van der Waals surface area contributed by atoms with Gasteiger partial charge in [0.25, 0.3) is 0 Å². The van der Waals surface area contributed by atoms with Gasteiger partial charge < -0.3 is 4.74 Å². The molecule has 1 aliphatic heterocycles. The Hall–Kier alpha value is -2.80. The van der Waals surface area contributed by atoms with Crippen molar-refractivity contribution < 1.29 is 9.53 Å². The van der Waals surface area contributed by atoms with E-state index >= 15 is 0 Å². The maximum absolute atomic E-state index is 12.8. The molecule has 1 unspecified atom stereocenters. The largest absolute Gasteiger partial charge is 0.444 e. The predicted octanol–water partition coefficient (Wildman–Crippen LogP) is 4.44. The maximum atomic E-state index is 12.8. The minimum atomic E-state index is -0.538. The Morgan fingerprint density at radius 1 is 1.16 bits per heavy atom. The van der Waals surface area contributed by atoms with E-state index in [1.165, 1.54) is 5.56 Å². The lowest BCUT2D eigenvalue weighted by Gasteiger charge is -2.38. The second-order valence-corrected chi connectivity index (χ2v) is 7.26. The van der Waals surface area contributed by atoms with E-state index in [0.717, 1.165) is 17.5 Å². The van der Waals surface area contributed by atoms with Gasteiger partial charge >= 0.3 is 6.09 Å². The monoisotopic (exact) mass is 334 g/mol. The van der Waals surface area contributed by atoms with Gasteiger partial charge in [0.15, 0.2) is 0 Å². The normalized spacial score (nSPS) is 16.7. The molecule has 2 aromatic carbocycles. The Kier molecular flexibility index (Phi) is 4.50. The summed E-state index contributed by atoms with van der Waals surface area (Å²) in [5.74, 6) is 0. The van der Waals surface area contributed by atoms with Crippen molar-refractivity contribution in [3.63, 3.8) is 0 Å². The summed E-state index contributed by atoms with van der Waals surface area (Å²) in [6, 6.07) is 17.5. The van der Waals surface area contributed by atoms with Gasteiger partial charge in [0, 0.05) is 6.54 Å². The molecule has 1 aliphatic rings. The van der Waals surface area contributed by atoms with Gasteiger partial charge in [-0.25, -0.2) is 4.79 Å². The topological polar surface area (TPSA) is 53.3 Å². The summed E-state index contributed by atoms with van der Waals surface area (Å²) in [6.45, 7) is 6.23. The van der Waals surface area contributed by atoms with Crippen LogP contribution in [0.2, 0.25) is 0 Å². The third-order valence-electron chi connectivity index (χ3n) is 4.27. The number of amides is 1. The zero-order chi connectivity index (χ0) is 18.0. The molecule has 0 saturated carbocycles. The SMILES string of the molecule is CC(C)(C)OC(=O)N1CCc2ccccc2C1c1ccc(C#N)cc1. The standard InChI is InChI=1S/C21H22N2O2/c1-21(2,3)25-20(24)23-13-12-16-6-4-5-7-18(16)19(23)17-10-8-15(14-22)9-11-17/h4-11,19H,12-13H2,1-3H3. The van der Waals surface area contributed by atoms with Gasteiger partial charge in [0.1, 0.15) is 5.60 Å². The van der Waals surface area contributed by atoms with Crippen molar-refractivity contribution in [2.75, 3.05) is 6.54 Å². The van der Waals surface area contributed by atoms with E-state index in [9.17, 15) is 4.79 Å². The average molecular weight is 334 g/mol. The number of nitrogens with zero attached hydrogens (tertiary/aromatic N) is 2. The molecular formula is C21H22N2O2. The summed E-state index contributed by atoms with van der Waals surface area (Å²) >= 11 is 0. The Morgan fingerprint density at radius 3 is 2.48 bits per heavy atom. The fourth-order valence-corrected chi connectivity index (χ4v) is 3.18. The molecule has 2 aromatic rings. The van der Waals surface area contributed by atoms with E-state index in [-0.39, 0.29) is 12.1 Å². The zero-order valence-electron chi connectivity index (χ0n) is 14.8. The van der Waals surface area contributed by atoms with Crippen LogP contribution in [0.4, 0.5) is 4.79 Å². The Morgan fingerprint density at radius 2 is 1.84 bits per heavy atom. The summed E-state index contributed by atoms with van der Waals surface area (Å²) in [5, 5.41) is 9.03. The van der Waals surface area contributed by atoms with Gasteiger partial charge in [-0.15, -0.1) is 0 Å². The van der Waals surface area contributed by atoms with Gasteiger partial charge in [-0.2, -0.15) is 5.26 Å². The van der Waals surface area contributed by atoms with E-state index < -0.39 is 5.60 Å². The number of hydrogen-bond donors (Lipinski definition) is 0. The third-order valence-corrected chi connectivity index (χ3v) is 4.27. The lowest BCUT2D eigenvalue weighted by Crippen LogP contribution is -2.43. The van der Waals surface area contributed by atoms with Crippen molar-refractivity contribution in [2.24, 2.45) is 0 Å². The van der Waals surface area contributed by atoms with Crippen molar-refractivity contribution >= 4 is 6.09 Å². The van der Waals surface area contributed by atoms with E-state index in [1.54, 1.807) is 17.0 Å². The lowest BCUT2D eigenvalue weighted by atomic mass is 9.88. The molecule has 1 heterocycles. The molecule has 25 heavy (non-hydrogen) atoms. The molecule has 0 fully saturated rings. The number of benzene rings is 2. The first-order valence-corrected chi connectivity index (χ1v) is 8.46. The first-order chi connectivity index (χ1) is 11.9. The molecule has 0 spiro atoms. The van der Waals surface area contributed by atoms with Crippen LogP contribution >= 0.6 is 0 Å². The number of nitriles is 1. The molecular weight excluding hydrogens is 312 g/mol. The van der Waals surface area contributed by atoms with E-state index in [2.05, 4.69) is 18.2 Å². The first kappa shape index (κ1) is 17.0. The molecule has 128 valence electrons. The fraction of sp³-hybridized carbons (Fsp3) is 0.333. The molecule has 4 heteroatoms. The minimum absolute atomic E-state index is 0.201. The summed E-state index contributed by atoms with van der Waals surface area (Å²) < 4.78 is 5.62. The number of carbonyl (C=O) groups is 1. The predicted molar refractivity (Wildman–Crippen MR) is 96.1 cm³/mol. The fourth-order valence-electron chi connectivity index (χ4n) is 3.18. The molecule has 0 aliphatic carbocycles. The number of hydrogen-bond acceptors (Lipinski definition) is 3. The zero-order valence-corrected chi connectivity index (χ0v) is 14.8. The van der Waals surface area contributed by atoms with Crippen LogP contribution < -0.4 is 0 Å². The van der Waals surface area contributed by atoms with Crippen LogP contribution in [0.5, 0.6) is 0 Å². The van der Waals surface area contributed by atoms with Crippen LogP contribution in [0.25, 0.3) is 0 Å². The second-order valence-electron chi connectivity index (χ2n) is 7.26. The van der Waals surface area contributed by atoms with Crippen LogP contribution in [-0.2, 0) is 11.2 Å². The molecule has 3 rings (SSSR count). The highest BCUT2D eigenvalue weighted by Crippen LogP contribution is 2.36. The van der Waals surface area contributed by atoms with Crippen LogP contribution in [0.1, 0.15) is 49.1 Å². The molecule has 0 saturated heterocycles. The number of rotatable bonds is 1. The molecule has 0 radical (unpaired) electrons. The molecule has 0 aromatic heterocycles. The van der Waals surface area contributed by atoms with Gasteiger partial charge in [-0.05, 0) is 56.0 Å². The lowest BCUT2D eigenvalue weighted by molar-refractivity contribution is 0.0178. The summed E-state index contributed by atoms with van der Waals surface area (Å²) in [6.07, 6.45) is 0.499. The van der Waals surface area contributed by atoms with Crippen molar-refractivity contribution in [1.82, 2.24) is 4.90 Å². The minimum Gasteiger partial charge on any atom is -0.444 e.